The molecule has 0 saturated heterocycles. The quantitative estimate of drug-likeness (QED) is 0.255. The summed E-state index contributed by atoms with van der Waals surface area (Å²) in [6.07, 6.45) is 3.37. The minimum atomic E-state index is 0.513. The van der Waals surface area contributed by atoms with Crippen LogP contribution in [0.5, 0.6) is 0 Å². The number of hydrogen-bond donors (Lipinski definition) is 2. The maximum atomic E-state index is 9.56. The van der Waals surface area contributed by atoms with Gasteiger partial charge in [0.05, 0.1) is 0 Å². The third-order valence-electron chi connectivity index (χ3n) is 0.644. The van der Waals surface area contributed by atoms with Gasteiger partial charge in [0.2, 0.25) is 0 Å². The fraction of sp³-hybridized carbons (Fsp3) is 0.600. The van der Waals surface area contributed by atoms with E-state index in [1.165, 1.54) is 0 Å². The molecular formula is C5H10O4. The molecule has 0 fully saturated rings. The molecule has 0 aliphatic carbocycles. The van der Waals surface area contributed by atoms with Crippen LogP contribution in [0.25, 0.3) is 0 Å². The minimum absolute atomic E-state index is 0.513. The maximum absolute atomic E-state index is 9.56. The standard InChI is InChI=1S/C5H8O2.H2O2/c6-4-2-1-3-5-7;1-2/h4-5H,1-3H2;1-2H. The summed E-state index contributed by atoms with van der Waals surface area (Å²) in [7, 11) is 0. The first kappa shape index (κ1) is 11.1. The van der Waals surface area contributed by atoms with E-state index >= 15 is 0 Å². The lowest BCUT2D eigenvalue weighted by Gasteiger charge is -1.78. The van der Waals surface area contributed by atoms with Crippen LogP contribution in [-0.2, 0) is 9.59 Å². The minimum Gasteiger partial charge on any atom is -0.303 e. The van der Waals surface area contributed by atoms with E-state index < -0.39 is 0 Å². The molecule has 0 bridgehead atoms. The summed E-state index contributed by atoms with van der Waals surface area (Å²) in [5.74, 6) is 0. The smallest absolute Gasteiger partial charge is 0.120 e. The summed E-state index contributed by atoms with van der Waals surface area (Å²) in [6, 6.07) is 0. The van der Waals surface area contributed by atoms with E-state index in [9.17, 15) is 9.59 Å². The molecule has 0 aromatic carbocycles. The molecule has 0 atom stereocenters. The van der Waals surface area contributed by atoms with Gasteiger partial charge in [-0.2, -0.15) is 0 Å². The number of hydrogen-bond acceptors (Lipinski definition) is 4. The van der Waals surface area contributed by atoms with Crippen LogP contribution in [0.15, 0.2) is 0 Å². The molecule has 0 spiro atoms. The molecule has 4 nitrogen and oxygen atoms in total. The highest BCUT2D eigenvalue weighted by atomic mass is 17.0. The maximum Gasteiger partial charge on any atom is 0.120 e. The van der Waals surface area contributed by atoms with Crippen molar-refractivity contribution in [1.29, 1.82) is 0 Å². The van der Waals surface area contributed by atoms with Gasteiger partial charge in [-0.1, -0.05) is 0 Å². The Morgan fingerprint density at radius 1 is 1.00 bits per heavy atom. The molecule has 0 saturated carbocycles. The van der Waals surface area contributed by atoms with Crippen molar-refractivity contribution in [1.82, 2.24) is 0 Å². The SMILES string of the molecule is O=CCCCC=O.OO. The van der Waals surface area contributed by atoms with Gasteiger partial charge in [-0.15, -0.1) is 0 Å². The highest BCUT2D eigenvalue weighted by Gasteiger charge is 1.80. The molecule has 54 valence electrons. The van der Waals surface area contributed by atoms with Crippen LogP contribution in [0.4, 0.5) is 0 Å². The van der Waals surface area contributed by atoms with Crippen molar-refractivity contribution in [2.24, 2.45) is 0 Å². The van der Waals surface area contributed by atoms with Crippen LogP contribution in [0.2, 0.25) is 0 Å². The number of rotatable bonds is 4. The highest BCUT2D eigenvalue weighted by Crippen LogP contribution is 1.85. The molecule has 0 aliphatic heterocycles. The lowest BCUT2D eigenvalue weighted by molar-refractivity contribution is -0.176. The molecule has 0 radical (unpaired) electrons. The van der Waals surface area contributed by atoms with Crippen LogP contribution in [0.3, 0.4) is 0 Å². The van der Waals surface area contributed by atoms with E-state index in [1.54, 1.807) is 0 Å². The zero-order chi connectivity index (χ0) is 7.54. The zero-order valence-corrected chi connectivity index (χ0v) is 4.99. The molecule has 0 heterocycles. The molecule has 2 N–H and O–H groups in total. The average molecular weight is 134 g/mol. The van der Waals surface area contributed by atoms with Crippen LogP contribution in [-0.4, -0.2) is 23.1 Å². The lowest BCUT2D eigenvalue weighted by atomic mass is 10.3. The van der Waals surface area contributed by atoms with Gasteiger partial charge in [-0.25, -0.2) is 0 Å². The van der Waals surface area contributed by atoms with Gasteiger partial charge in [0.15, 0.2) is 0 Å². The fourth-order valence-corrected chi connectivity index (χ4v) is 0.285. The number of carbonyl (C=O) groups is 2. The molecule has 0 rings (SSSR count). The summed E-state index contributed by atoms with van der Waals surface area (Å²) in [5.41, 5.74) is 0. The number of aldehydes is 2. The molecular weight excluding hydrogens is 124 g/mol. The number of carbonyl (C=O) groups excluding carboxylic acids is 2. The monoisotopic (exact) mass is 134 g/mol. The second-order valence-electron chi connectivity index (χ2n) is 1.26. The van der Waals surface area contributed by atoms with Gasteiger partial charge in [0.1, 0.15) is 12.6 Å². The van der Waals surface area contributed by atoms with Gasteiger partial charge in [0.25, 0.3) is 0 Å². The Morgan fingerprint density at radius 2 is 1.33 bits per heavy atom. The van der Waals surface area contributed by atoms with E-state index in [0.717, 1.165) is 12.6 Å². The van der Waals surface area contributed by atoms with Crippen molar-refractivity contribution in [3.63, 3.8) is 0 Å². The molecule has 0 unspecified atom stereocenters. The third-order valence-corrected chi connectivity index (χ3v) is 0.644. The molecule has 9 heavy (non-hydrogen) atoms. The van der Waals surface area contributed by atoms with E-state index in [1.807, 2.05) is 0 Å². The Balaban J connectivity index is 0. The zero-order valence-electron chi connectivity index (χ0n) is 4.99. The third kappa shape index (κ3) is 18.9. The van der Waals surface area contributed by atoms with Gasteiger partial charge in [-0.05, 0) is 6.42 Å². The van der Waals surface area contributed by atoms with Crippen LogP contribution < -0.4 is 0 Å². The average Bonchev–Trinajstić information content (AvgIpc) is 1.94. The second-order valence-corrected chi connectivity index (χ2v) is 1.26. The van der Waals surface area contributed by atoms with Crippen LogP contribution in [0, 0.1) is 0 Å². The Hall–Kier alpha value is -0.740. The van der Waals surface area contributed by atoms with E-state index in [2.05, 4.69) is 0 Å². The first-order valence-electron chi connectivity index (χ1n) is 2.49. The predicted octanol–water partition coefficient (Wildman–Crippen LogP) is 0.572. The number of unbranched alkanes of at least 4 members (excludes halogenated alkanes) is 2. The lowest BCUT2D eigenvalue weighted by Crippen LogP contribution is -1.76. The van der Waals surface area contributed by atoms with Gasteiger partial charge >= 0.3 is 0 Å². The molecule has 0 aromatic rings. The Morgan fingerprint density at radius 3 is 1.56 bits per heavy atom. The summed E-state index contributed by atoms with van der Waals surface area (Å²) in [4.78, 5) is 19.1. The van der Waals surface area contributed by atoms with Crippen molar-refractivity contribution < 1.29 is 20.1 Å². The summed E-state index contributed by atoms with van der Waals surface area (Å²) in [5, 5.41) is 12.0. The summed E-state index contributed by atoms with van der Waals surface area (Å²) in [6.45, 7) is 0. The van der Waals surface area contributed by atoms with Gasteiger partial charge < -0.3 is 9.59 Å². The largest absolute Gasteiger partial charge is 0.303 e. The van der Waals surface area contributed by atoms with Gasteiger partial charge in [0, 0.05) is 12.8 Å². The highest BCUT2D eigenvalue weighted by molar-refractivity contribution is 5.52. The van der Waals surface area contributed by atoms with Crippen LogP contribution in [0.1, 0.15) is 19.3 Å². The summed E-state index contributed by atoms with van der Waals surface area (Å²) < 4.78 is 0. The van der Waals surface area contributed by atoms with E-state index in [0.29, 0.717) is 19.3 Å². The van der Waals surface area contributed by atoms with E-state index in [4.69, 9.17) is 10.5 Å². The first-order chi connectivity index (χ1) is 4.41. The Labute approximate surface area is 53.0 Å². The van der Waals surface area contributed by atoms with Crippen molar-refractivity contribution in [2.75, 3.05) is 0 Å². The topological polar surface area (TPSA) is 74.6 Å². The fourth-order valence-electron chi connectivity index (χ4n) is 0.285. The normalized spacial score (nSPS) is 6.89. The molecule has 0 aromatic heterocycles. The molecule has 4 heteroatoms. The first-order valence-corrected chi connectivity index (χ1v) is 2.49. The predicted molar refractivity (Wildman–Crippen MR) is 31.2 cm³/mol. The second kappa shape index (κ2) is 15.7. The molecule has 0 amide bonds. The Bertz CT molecular complexity index is 54.0. The van der Waals surface area contributed by atoms with Crippen molar-refractivity contribution in [3.8, 4) is 0 Å². The summed E-state index contributed by atoms with van der Waals surface area (Å²) >= 11 is 0. The van der Waals surface area contributed by atoms with E-state index in [-0.39, 0.29) is 0 Å². The van der Waals surface area contributed by atoms with Gasteiger partial charge in [-0.3, -0.25) is 10.5 Å². The van der Waals surface area contributed by atoms with Crippen LogP contribution >= 0.6 is 0 Å². The Kier molecular flexibility index (Phi) is 19.4. The van der Waals surface area contributed by atoms with Crippen molar-refractivity contribution in [2.45, 2.75) is 19.3 Å². The molecule has 0 aliphatic rings. The van der Waals surface area contributed by atoms with Crippen molar-refractivity contribution >= 4 is 12.6 Å². The van der Waals surface area contributed by atoms with Crippen molar-refractivity contribution in [3.05, 3.63) is 0 Å².